The average molecular weight is 412 g/mol. The minimum absolute atomic E-state index is 0.00372. The second-order valence-electron chi connectivity index (χ2n) is 6.65. The first-order chi connectivity index (χ1) is 13.1. The Bertz CT molecular complexity index is 969. The van der Waals surface area contributed by atoms with Crippen LogP contribution in [0, 0.1) is 0 Å². The van der Waals surface area contributed by atoms with E-state index in [1.165, 1.54) is 25.1 Å². The first-order valence-corrected chi connectivity index (χ1v) is 10.1. The van der Waals surface area contributed by atoms with E-state index in [0.29, 0.717) is 12.2 Å². The summed E-state index contributed by atoms with van der Waals surface area (Å²) in [7, 11) is -5.47. The summed E-state index contributed by atoms with van der Waals surface area (Å²) >= 11 is 0. The molecule has 0 radical (unpaired) electrons. The lowest BCUT2D eigenvalue weighted by molar-refractivity contribution is -0.130. The number of amides is 1. The number of carbonyl (C=O) groups is 1. The molecule has 1 N–H and O–H groups in total. The standard InChI is InChI=1S/C19H19F3N2O3S/c1-13(25)24(16-10-11-16)12-14-6-8-15(9-7-14)23-17-4-2-3-5-18(17)28(26,27)19(20,21)22/h2-9,16,23H,10-12H2,1H3. The predicted octanol–water partition coefficient (Wildman–Crippen LogP) is 4.23. The molecule has 1 aliphatic carbocycles. The van der Waals surface area contributed by atoms with E-state index in [1.54, 1.807) is 29.2 Å². The van der Waals surface area contributed by atoms with Gasteiger partial charge in [0.2, 0.25) is 5.91 Å². The molecule has 0 bridgehead atoms. The Labute approximate surface area is 161 Å². The van der Waals surface area contributed by atoms with E-state index >= 15 is 0 Å². The summed E-state index contributed by atoms with van der Waals surface area (Å²) in [4.78, 5) is 12.7. The molecule has 0 heterocycles. The minimum atomic E-state index is -5.47. The monoisotopic (exact) mass is 412 g/mol. The number of anilines is 2. The van der Waals surface area contributed by atoms with Crippen LogP contribution < -0.4 is 5.32 Å². The van der Waals surface area contributed by atoms with Crippen molar-refractivity contribution in [1.82, 2.24) is 4.90 Å². The van der Waals surface area contributed by atoms with Crippen LogP contribution in [-0.2, 0) is 21.2 Å². The van der Waals surface area contributed by atoms with Gasteiger partial charge in [-0.25, -0.2) is 8.42 Å². The highest BCUT2D eigenvalue weighted by Crippen LogP contribution is 2.35. The number of nitrogens with one attached hydrogen (secondary N) is 1. The summed E-state index contributed by atoms with van der Waals surface area (Å²) in [6.45, 7) is 1.98. The Kier molecular flexibility index (Phi) is 5.38. The molecule has 2 aromatic rings. The van der Waals surface area contributed by atoms with Crippen LogP contribution in [-0.4, -0.2) is 30.8 Å². The molecule has 0 atom stereocenters. The van der Waals surface area contributed by atoms with E-state index < -0.39 is 20.2 Å². The van der Waals surface area contributed by atoms with E-state index in [9.17, 15) is 26.4 Å². The number of sulfone groups is 1. The molecule has 3 rings (SSSR count). The normalized spacial score (nSPS) is 14.6. The van der Waals surface area contributed by atoms with Gasteiger partial charge in [-0.05, 0) is 42.7 Å². The van der Waals surface area contributed by atoms with E-state index in [1.807, 2.05) is 0 Å². The van der Waals surface area contributed by atoms with E-state index in [-0.39, 0.29) is 17.6 Å². The van der Waals surface area contributed by atoms with Crippen molar-refractivity contribution in [2.75, 3.05) is 5.32 Å². The summed E-state index contributed by atoms with van der Waals surface area (Å²) in [5.74, 6) is -0.00372. The molecule has 1 fully saturated rings. The van der Waals surface area contributed by atoms with Crippen LogP contribution in [0.15, 0.2) is 53.4 Å². The molecule has 9 heteroatoms. The highest BCUT2D eigenvalue weighted by atomic mass is 32.2. The molecule has 0 spiro atoms. The second kappa shape index (κ2) is 7.46. The highest BCUT2D eigenvalue weighted by Gasteiger charge is 2.47. The fourth-order valence-corrected chi connectivity index (χ4v) is 3.77. The topological polar surface area (TPSA) is 66.5 Å². The van der Waals surface area contributed by atoms with Gasteiger partial charge in [0.25, 0.3) is 9.84 Å². The van der Waals surface area contributed by atoms with Crippen molar-refractivity contribution >= 4 is 27.1 Å². The molecule has 2 aromatic carbocycles. The first kappa shape index (κ1) is 20.2. The Balaban J connectivity index is 1.79. The zero-order valence-corrected chi connectivity index (χ0v) is 15.8. The van der Waals surface area contributed by atoms with Crippen molar-refractivity contribution in [3.8, 4) is 0 Å². The van der Waals surface area contributed by atoms with Crippen LogP contribution in [0.5, 0.6) is 0 Å². The maximum absolute atomic E-state index is 12.9. The molecular formula is C19H19F3N2O3S. The van der Waals surface area contributed by atoms with Gasteiger partial charge in [0.1, 0.15) is 0 Å². The van der Waals surface area contributed by atoms with Crippen molar-refractivity contribution in [1.29, 1.82) is 0 Å². The molecule has 0 aromatic heterocycles. The SMILES string of the molecule is CC(=O)N(Cc1ccc(Nc2ccccc2S(=O)(=O)C(F)(F)F)cc1)C1CC1. The molecular weight excluding hydrogens is 393 g/mol. The van der Waals surface area contributed by atoms with Gasteiger partial charge in [0.05, 0.1) is 10.6 Å². The maximum Gasteiger partial charge on any atom is 0.501 e. The minimum Gasteiger partial charge on any atom is -0.354 e. The number of carbonyl (C=O) groups excluding carboxylic acids is 1. The summed E-state index contributed by atoms with van der Waals surface area (Å²) in [6.07, 6.45) is 1.98. The Hall–Kier alpha value is -2.55. The van der Waals surface area contributed by atoms with Crippen molar-refractivity contribution < 1.29 is 26.4 Å². The molecule has 5 nitrogen and oxygen atoms in total. The lowest BCUT2D eigenvalue weighted by atomic mass is 10.2. The summed E-state index contributed by atoms with van der Waals surface area (Å²) in [6, 6.07) is 11.9. The zero-order chi connectivity index (χ0) is 20.5. The Morgan fingerprint density at radius 3 is 2.25 bits per heavy atom. The molecule has 150 valence electrons. The molecule has 0 saturated heterocycles. The van der Waals surface area contributed by atoms with Crippen molar-refractivity contribution in [2.45, 2.75) is 42.8 Å². The van der Waals surface area contributed by atoms with Gasteiger partial charge in [-0.2, -0.15) is 13.2 Å². The fraction of sp³-hybridized carbons (Fsp3) is 0.316. The average Bonchev–Trinajstić information content (AvgIpc) is 3.45. The quantitative estimate of drug-likeness (QED) is 0.771. The molecule has 1 amide bonds. The number of benzene rings is 2. The third-order valence-electron chi connectivity index (χ3n) is 4.46. The van der Waals surface area contributed by atoms with Gasteiger partial charge in [-0.3, -0.25) is 4.79 Å². The largest absolute Gasteiger partial charge is 0.501 e. The maximum atomic E-state index is 12.9. The van der Waals surface area contributed by atoms with E-state index in [4.69, 9.17) is 0 Å². The van der Waals surface area contributed by atoms with Gasteiger partial charge in [-0.15, -0.1) is 0 Å². The molecule has 1 saturated carbocycles. The van der Waals surface area contributed by atoms with Crippen LogP contribution in [0.4, 0.5) is 24.5 Å². The van der Waals surface area contributed by atoms with Crippen molar-refractivity contribution in [2.24, 2.45) is 0 Å². The molecule has 0 unspecified atom stereocenters. The third kappa shape index (κ3) is 4.30. The predicted molar refractivity (Wildman–Crippen MR) is 98.7 cm³/mol. The summed E-state index contributed by atoms with van der Waals surface area (Å²) in [5.41, 5.74) is -4.22. The molecule has 28 heavy (non-hydrogen) atoms. The Morgan fingerprint density at radius 1 is 1.11 bits per heavy atom. The van der Waals surface area contributed by atoms with Gasteiger partial charge >= 0.3 is 5.51 Å². The third-order valence-corrected chi connectivity index (χ3v) is 6.00. The first-order valence-electron chi connectivity index (χ1n) is 8.63. The van der Waals surface area contributed by atoms with Crippen LogP contribution >= 0.6 is 0 Å². The van der Waals surface area contributed by atoms with E-state index in [0.717, 1.165) is 24.5 Å². The van der Waals surface area contributed by atoms with Gasteiger partial charge < -0.3 is 10.2 Å². The Morgan fingerprint density at radius 2 is 1.71 bits per heavy atom. The summed E-state index contributed by atoms with van der Waals surface area (Å²) in [5, 5.41) is 2.73. The number of halogens is 3. The number of hydrogen-bond acceptors (Lipinski definition) is 4. The number of hydrogen-bond donors (Lipinski definition) is 1. The number of nitrogens with zero attached hydrogens (tertiary/aromatic N) is 1. The van der Waals surface area contributed by atoms with Gasteiger partial charge in [0, 0.05) is 25.2 Å². The number of para-hydroxylation sites is 1. The summed E-state index contributed by atoms with van der Waals surface area (Å²) < 4.78 is 62.2. The molecule has 1 aliphatic rings. The van der Waals surface area contributed by atoms with Gasteiger partial charge in [-0.1, -0.05) is 24.3 Å². The van der Waals surface area contributed by atoms with E-state index in [2.05, 4.69) is 5.32 Å². The van der Waals surface area contributed by atoms with Crippen LogP contribution in [0.3, 0.4) is 0 Å². The highest BCUT2D eigenvalue weighted by molar-refractivity contribution is 7.92. The fourth-order valence-electron chi connectivity index (χ4n) is 2.86. The van der Waals surface area contributed by atoms with Crippen LogP contribution in [0.2, 0.25) is 0 Å². The van der Waals surface area contributed by atoms with Crippen molar-refractivity contribution in [3.63, 3.8) is 0 Å². The lowest BCUT2D eigenvalue weighted by Crippen LogP contribution is -2.30. The van der Waals surface area contributed by atoms with Crippen LogP contribution in [0.25, 0.3) is 0 Å². The lowest BCUT2D eigenvalue weighted by Gasteiger charge is -2.21. The smallest absolute Gasteiger partial charge is 0.354 e. The van der Waals surface area contributed by atoms with Crippen LogP contribution in [0.1, 0.15) is 25.3 Å². The van der Waals surface area contributed by atoms with Crippen molar-refractivity contribution in [3.05, 3.63) is 54.1 Å². The van der Waals surface area contributed by atoms with Gasteiger partial charge in [0.15, 0.2) is 0 Å². The number of rotatable bonds is 6. The second-order valence-corrected chi connectivity index (χ2v) is 8.55. The molecule has 0 aliphatic heterocycles. The number of alkyl halides is 3. The zero-order valence-electron chi connectivity index (χ0n) is 15.0.